The second-order valence-electron chi connectivity index (χ2n) is 6.83. The van der Waals surface area contributed by atoms with Gasteiger partial charge in [0.15, 0.2) is 0 Å². The first-order valence-electron chi connectivity index (χ1n) is 7.32. The summed E-state index contributed by atoms with van der Waals surface area (Å²) in [7, 11) is -1.94. The van der Waals surface area contributed by atoms with Crippen molar-refractivity contribution in [1.82, 2.24) is 9.62 Å². The standard InChI is InChI=1S/C15H28N2O3S/c1-12(2)9-10-17(6)21(18,19)14-8-7-13(20-14)11-16-15(3,4)5/h7-8,12,16H,9-11H2,1-6H3. The molecule has 5 nitrogen and oxygen atoms in total. The van der Waals surface area contributed by atoms with Gasteiger partial charge in [-0.2, -0.15) is 4.31 Å². The molecular formula is C15H28N2O3S. The van der Waals surface area contributed by atoms with E-state index in [2.05, 4.69) is 19.2 Å². The van der Waals surface area contributed by atoms with Gasteiger partial charge in [0.1, 0.15) is 5.76 Å². The van der Waals surface area contributed by atoms with Crippen LogP contribution in [0.4, 0.5) is 0 Å². The molecule has 1 rings (SSSR count). The van der Waals surface area contributed by atoms with E-state index in [1.807, 2.05) is 20.8 Å². The Kier molecular flexibility index (Phi) is 6.01. The minimum atomic E-state index is -3.53. The van der Waals surface area contributed by atoms with E-state index < -0.39 is 10.0 Å². The Morgan fingerprint density at radius 1 is 1.29 bits per heavy atom. The summed E-state index contributed by atoms with van der Waals surface area (Å²) in [6.07, 6.45) is 0.828. The Morgan fingerprint density at radius 2 is 1.90 bits per heavy atom. The third kappa shape index (κ3) is 5.80. The quantitative estimate of drug-likeness (QED) is 0.840. The predicted molar refractivity (Wildman–Crippen MR) is 84.6 cm³/mol. The van der Waals surface area contributed by atoms with Crippen LogP contribution >= 0.6 is 0 Å². The molecule has 0 amide bonds. The van der Waals surface area contributed by atoms with Crippen LogP contribution in [0.15, 0.2) is 21.6 Å². The van der Waals surface area contributed by atoms with Crippen LogP contribution in [0.1, 0.15) is 46.8 Å². The van der Waals surface area contributed by atoms with E-state index in [9.17, 15) is 8.42 Å². The molecule has 1 N–H and O–H groups in total. The zero-order valence-corrected chi connectivity index (χ0v) is 14.8. The van der Waals surface area contributed by atoms with Crippen molar-refractivity contribution in [3.05, 3.63) is 17.9 Å². The summed E-state index contributed by atoms with van der Waals surface area (Å²) >= 11 is 0. The number of rotatable bonds is 7. The number of hydrogen-bond donors (Lipinski definition) is 1. The Balaban J connectivity index is 2.74. The van der Waals surface area contributed by atoms with E-state index in [0.717, 1.165) is 6.42 Å². The highest BCUT2D eigenvalue weighted by atomic mass is 32.2. The molecule has 6 heteroatoms. The van der Waals surface area contributed by atoms with E-state index in [4.69, 9.17) is 4.42 Å². The Morgan fingerprint density at radius 3 is 2.43 bits per heavy atom. The van der Waals surface area contributed by atoms with Crippen LogP contribution in [-0.4, -0.2) is 31.9 Å². The molecule has 0 fully saturated rings. The molecule has 0 aromatic carbocycles. The van der Waals surface area contributed by atoms with Crippen LogP contribution in [0.25, 0.3) is 0 Å². The average molecular weight is 316 g/mol. The lowest BCUT2D eigenvalue weighted by molar-refractivity contribution is 0.349. The summed E-state index contributed by atoms with van der Waals surface area (Å²) < 4.78 is 31.6. The average Bonchev–Trinajstić information content (AvgIpc) is 2.81. The van der Waals surface area contributed by atoms with E-state index in [0.29, 0.717) is 24.8 Å². The fourth-order valence-corrected chi connectivity index (χ4v) is 2.76. The molecule has 1 heterocycles. The molecule has 0 unspecified atom stereocenters. The fourth-order valence-electron chi connectivity index (χ4n) is 1.66. The maximum absolute atomic E-state index is 12.4. The molecule has 0 radical (unpaired) electrons. The van der Waals surface area contributed by atoms with E-state index >= 15 is 0 Å². The first kappa shape index (κ1) is 18.2. The van der Waals surface area contributed by atoms with Crippen molar-refractivity contribution in [1.29, 1.82) is 0 Å². The fraction of sp³-hybridized carbons (Fsp3) is 0.733. The van der Waals surface area contributed by atoms with Crippen LogP contribution in [0.2, 0.25) is 0 Å². The van der Waals surface area contributed by atoms with Gasteiger partial charge in [0, 0.05) is 19.1 Å². The van der Waals surface area contributed by atoms with Crippen LogP contribution in [0, 0.1) is 5.92 Å². The van der Waals surface area contributed by atoms with Crippen molar-refractivity contribution < 1.29 is 12.8 Å². The van der Waals surface area contributed by atoms with Crippen molar-refractivity contribution in [3.63, 3.8) is 0 Å². The van der Waals surface area contributed by atoms with Crippen molar-refractivity contribution in [2.45, 2.75) is 58.2 Å². The van der Waals surface area contributed by atoms with Gasteiger partial charge in [-0.15, -0.1) is 0 Å². The highest BCUT2D eigenvalue weighted by Crippen LogP contribution is 2.19. The zero-order chi connectivity index (χ0) is 16.3. The second kappa shape index (κ2) is 6.94. The highest BCUT2D eigenvalue weighted by molar-refractivity contribution is 7.89. The van der Waals surface area contributed by atoms with Gasteiger partial charge in [-0.3, -0.25) is 0 Å². The van der Waals surface area contributed by atoms with Gasteiger partial charge >= 0.3 is 0 Å². The Labute approximate surface area is 128 Å². The predicted octanol–water partition coefficient (Wildman–Crippen LogP) is 2.83. The van der Waals surface area contributed by atoms with E-state index in [-0.39, 0.29) is 10.6 Å². The van der Waals surface area contributed by atoms with Crippen molar-refractivity contribution >= 4 is 10.0 Å². The molecule has 122 valence electrons. The number of hydrogen-bond acceptors (Lipinski definition) is 4. The molecule has 1 aromatic heterocycles. The summed E-state index contributed by atoms with van der Waals surface area (Å²) in [4.78, 5) is 0. The first-order chi connectivity index (χ1) is 9.52. The van der Waals surface area contributed by atoms with Gasteiger partial charge in [0.2, 0.25) is 5.09 Å². The summed E-state index contributed by atoms with van der Waals surface area (Å²) in [6.45, 7) is 11.3. The number of nitrogens with zero attached hydrogens (tertiary/aromatic N) is 1. The van der Waals surface area contributed by atoms with Crippen molar-refractivity contribution in [2.24, 2.45) is 5.92 Å². The normalized spacial score (nSPS) is 13.3. The smallest absolute Gasteiger partial charge is 0.276 e. The topological polar surface area (TPSA) is 62.6 Å². The maximum atomic E-state index is 12.4. The lowest BCUT2D eigenvalue weighted by Gasteiger charge is -2.19. The maximum Gasteiger partial charge on any atom is 0.276 e. The number of nitrogens with one attached hydrogen (secondary N) is 1. The molecule has 0 aliphatic heterocycles. The van der Waals surface area contributed by atoms with Gasteiger partial charge in [0.25, 0.3) is 10.0 Å². The summed E-state index contributed by atoms with van der Waals surface area (Å²) in [5.74, 6) is 1.09. The van der Waals surface area contributed by atoms with Crippen molar-refractivity contribution in [2.75, 3.05) is 13.6 Å². The third-order valence-corrected chi connectivity index (χ3v) is 4.85. The Bertz CT molecular complexity index is 542. The number of sulfonamides is 1. The molecule has 0 atom stereocenters. The molecule has 1 aromatic rings. The summed E-state index contributed by atoms with van der Waals surface area (Å²) in [6, 6.07) is 3.24. The lowest BCUT2D eigenvalue weighted by atomic mass is 10.1. The van der Waals surface area contributed by atoms with Gasteiger partial charge in [-0.25, -0.2) is 8.42 Å². The largest absolute Gasteiger partial charge is 0.447 e. The first-order valence-corrected chi connectivity index (χ1v) is 8.76. The van der Waals surface area contributed by atoms with Gasteiger partial charge < -0.3 is 9.73 Å². The minimum absolute atomic E-state index is 0.0134. The summed E-state index contributed by atoms with van der Waals surface area (Å²) in [5.41, 5.74) is -0.0418. The second-order valence-corrected chi connectivity index (χ2v) is 8.81. The SMILES string of the molecule is CC(C)CCN(C)S(=O)(=O)c1ccc(CNC(C)(C)C)o1. The minimum Gasteiger partial charge on any atom is -0.447 e. The summed E-state index contributed by atoms with van der Waals surface area (Å²) in [5, 5.41) is 3.28. The lowest BCUT2D eigenvalue weighted by Crippen LogP contribution is -2.34. The molecule has 0 spiro atoms. The van der Waals surface area contributed by atoms with Crippen LogP contribution in [-0.2, 0) is 16.6 Å². The molecule has 0 saturated carbocycles. The molecule has 0 aliphatic carbocycles. The molecule has 0 bridgehead atoms. The van der Waals surface area contributed by atoms with Gasteiger partial charge in [0.05, 0.1) is 6.54 Å². The molecular weight excluding hydrogens is 288 g/mol. The Hall–Kier alpha value is -0.850. The zero-order valence-electron chi connectivity index (χ0n) is 13.9. The van der Waals surface area contributed by atoms with E-state index in [1.165, 1.54) is 10.4 Å². The molecule has 0 saturated heterocycles. The molecule has 0 aliphatic rings. The highest BCUT2D eigenvalue weighted by Gasteiger charge is 2.24. The molecule has 21 heavy (non-hydrogen) atoms. The van der Waals surface area contributed by atoms with Crippen LogP contribution < -0.4 is 5.32 Å². The van der Waals surface area contributed by atoms with Crippen LogP contribution in [0.5, 0.6) is 0 Å². The van der Waals surface area contributed by atoms with Crippen molar-refractivity contribution in [3.8, 4) is 0 Å². The van der Waals surface area contributed by atoms with Crippen LogP contribution in [0.3, 0.4) is 0 Å². The van der Waals surface area contributed by atoms with E-state index in [1.54, 1.807) is 13.1 Å². The number of furan rings is 1. The van der Waals surface area contributed by atoms with Gasteiger partial charge in [-0.05, 0) is 45.2 Å². The monoisotopic (exact) mass is 316 g/mol. The van der Waals surface area contributed by atoms with Gasteiger partial charge in [-0.1, -0.05) is 13.8 Å². The third-order valence-electron chi connectivity index (χ3n) is 3.12.